The average molecular weight is 834 g/mol. The summed E-state index contributed by atoms with van der Waals surface area (Å²) < 4.78 is 0. The lowest BCUT2D eigenvalue weighted by Crippen LogP contribution is -2.53. The van der Waals surface area contributed by atoms with Gasteiger partial charge in [-0.2, -0.15) is 0 Å². The Kier molecular flexibility index (Phi) is 14.0. The molecule has 0 radical (unpaired) electrons. The fourth-order valence-electron chi connectivity index (χ4n) is 8.36. The van der Waals surface area contributed by atoms with Gasteiger partial charge in [0.1, 0.15) is 17.3 Å². The number of fused-ring (bicyclic) bond motifs is 1. The number of benzene rings is 2. The standard InChI is InChI=1S/C46H55N7O6S/c1-27-21-35(41(56)40-33(27)13-10-20-49-40)39(31-11-9-19-48-24-31)52-43(57)34(12-7-6-8-14-37(47)55)38(46(3,4)5)45(59)53-25-32(54)22-36(53)44(58)50-23-29-15-17-30(18-16-29)42-28(2)51-26-60-42/h9-11,13,15-21,24,26,32,34,36,38-39,54,56H,6-8,12,14,22-23,25H2,1-5H3,(H2,47,55)(H,50,58)(H,52,57)/t32-,34?,36+,38-,39?/m0/s1. The summed E-state index contributed by atoms with van der Waals surface area (Å²) in [7, 11) is 0. The number of unbranched alkanes of at least 4 members (excludes halogenated alkanes) is 2. The number of hydrogen-bond donors (Lipinski definition) is 5. The first-order valence-corrected chi connectivity index (χ1v) is 21.3. The molecule has 0 spiro atoms. The molecule has 2 aromatic carbocycles. The number of aromatic hydroxyl groups is 1. The van der Waals surface area contributed by atoms with Gasteiger partial charge in [0.25, 0.3) is 0 Å². The summed E-state index contributed by atoms with van der Waals surface area (Å²) in [6.07, 6.45) is 6.09. The highest BCUT2D eigenvalue weighted by Crippen LogP contribution is 2.41. The Bertz CT molecular complexity index is 2310. The van der Waals surface area contributed by atoms with E-state index >= 15 is 4.79 Å². The summed E-state index contributed by atoms with van der Waals surface area (Å²) in [6, 6.07) is 15.1. The van der Waals surface area contributed by atoms with Crippen molar-refractivity contribution in [2.75, 3.05) is 6.54 Å². The molecule has 1 aliphatic heterocycles. The van der Waals surface area contributed by atoms with Gasteiger partial charge in [0, 0.05) is 55.5 Å². The third-order valence-corrected chi connectivity index (χ3v) is 12.4. The van der Waals surface area contributed by atoms with Gasteiger partial charge < -0.3 is 31.5 Å². The molecular weight excluding hydrogens is 779 g/mol. The molecule has 1 fully saturated rings. The monoisotopic (exact) mass is 833 g/mol. The van der Waals surface area contributed by atoms with E-state index in [1.165, 1.54) is 4.90 Å². The minimum atomic E-state index is -0.955. The molecule has 6 N–H and O–H groups in total. The number of carbonyl (C=O) groups is 4. The number of primary amides is 1. The van der Waals surface area contributed by atoms with E-state index in [4.69, 9.17) is 5.73 Å². The first-order valence-electron chi connectivity index (χ1n) is 20.5. The second kappa shape index (κ2) is 19.1. The van der Waals surface area contributed by atoms with Crippen LogP contribution < -0.4 is 16.4 Å². The molecule has 5 atom stereocenters. The maximum absolute atomic E-state index is 15.0. The Hall–Kier alpha value is -5.73. The Morgan fingerprint density at radius 2 is 1.75 bits per heavy atom. The maximum atomic E-state index is 15.0. The summed E-state index contributed by atoms with van der Waals surface area (Å²) >= 11 is 1.56. The van der Waals surface area contributed by atoms with Crippen molar-refractivity contribution in [3.05, 3.63) is 107 Å². The number of aromatic nitrogens is 3. The zero-order chi connectivity index (χ0) is 43.1. The molecule has 4 amide bonds. The lowest BCUT2D eigenvalue weighted by Gasteiger charge is -2.39. The van der Waals surface area contributed by atoms with E-state index in [1.54, 1.807) is 42.1 Å². The highest BCUT2D eigenvalue weighted by molar-refractivity contribution is 7.13. The van der Waals surface area contributed by atoms with Gasteiger partial charge in [-0.1, -0.05) is 70.0 Å². The van der Waals surface area contributed by atoms with E-state index in [2.05, 4.69) is 25.6 Å². The lowest BCUT2D eigenvalue weighted by molar-refractivity contribution is -0.150. The molecule has 60 heavy (non-hydrogen) atoms. The average Bonchev–Trinajstić information content (AvgIpc) is 3.84. The predicted octanol–water partition coefficient (Wildman–Crippen LogP) is 6.27. The first kappa shape index (κ1) is 43.8. The number of carbonyl (C=O) groups excluding carboxylic acids is 4. The molecule has 0 saturated carbocycles. The number of nitrogens with zero attached hydrogens (tertiary/aromatic N) is 4. The molecule has 0 bridgehead atoms. The molecule has 6 rings (SSSR count). The fraction of sp³-hybridized carbons (Fsp3) is 0.413. The van der Waals surface area contributed by atoms with E-state index in [9.17, 15) is 24.6 Å². The third-order valence-electron chi connectivity index (χ3n) is 11.4. The SMILES string of the molecule is Cc1ncsc1-c1ccc(CNC(=O)[C@H]2C[C@H](O)CN2C(=O)[C@H](C(CCCCCC(N)=O)C(=O)NC(c2cccnc2)c2cc(C)c3cccnc3c2O)C(C)(C)C)cc1. The lowest BCUT2D eigenvalue weighted by atomic mass is 9.70. The van der Waals surface area contributed by atoms with E-state index in [0.717, 1.165) is 32.6 Å². The first-order chi connectivity index (χ1) is 28.6. The van der Waals surface area contributed by atoms with Crippen LogP contribution in [0.3, 0.4) is 0 Å². The Morgan fingerprint density at radius 3 is 2.42 bits per heavy atom. The highest BCUT2D eigenvalue weighted by Gasteiger charge is 2.48. The van der Waals surface area contributed by atoms with Gasteiger partial charge >= 0.3 is 0 Å². The third kappa shape index (κ3) is 10.2. The van der Waals surface area contributed by atoms with E-state index in [-0.39, 0.29) is 38.1 Å². The Morgan fingerprint density at radius 1 is 1.00 bits per heavy atom. The molecule has 5 aromatic rings. The molecule has 3 aromatic heterocycles. The van der Waals surface area contributed by atoms with Crippen LogP contribution in [0.5, 0.6) is 5.75 Å². The van der Waals surface area contributed by atoms with Crippen LogP contribution in [0.15, 0.2) is 78.7 Å². The zero-order valence-electron chi connectivity index (χ0n) is 34.9. The summed E-state index contributed by atoms with van der Waals surface area (Å²) in [6.45, 7) is 9.72. The van der Waals surface area contributed by atoms with E-state index in [1.807, 2.05) is 82.6 Å². The fourth-order valence-corrected chi connectivity index (χ4v) is 9.18. The number of thiazole rings is 1. The summed E-state index contributed by atoms with van der Waals surface area (Å²) in [5.41, 5.74) is 11.6. The largest absolute Gasteiger partial charge is 0.505 e. The van der Waals surface area contributed by atoms with Gasteiger partial charge in [-0.15, -0.1) is 11.3 Å². The van der Waals surface area contributed by atoms with Crippen LogP contribution in [-0.2, 0) is 25.7 Å². The number of likely N-dealkylation sites (tertiary alicyclic amines) is 1. The number of phenols is 1. The number of nitrogens with two attached hydrogens (primary N) is 1. The quantitative estimate of drug-likeness (QED) is 0.0711. The van der Waals surface area contributed by atoms with Gasteiger partial charge in [-0.3, -0.25) is 29.1 Å². The van der Waals surface area contributed by atoms with Crippen molar-refractivity contribution in [3.8, 4) is 16.2 Å². The zero-order valence-corrected chi connectivity index (χ0v) is 35.7. The number of aliphatic hydroxyl groups is 1. The van der Waals surface area contributed by atoms with Crippen LogP contribution in [-0.4, -0.2) is 72.4 Å². The van der Waals surface area contributed by atoms with Gasteiger partial charge in [-0.05, 0) is 72.6 Å². The predicted molar refractivity (Wildman–Crippen MR) is 231 cm³/mol. The van der Waals surface area contributed by atoms with Crippen molar-refractivity contribution in [1.82, 2.24) is 30.5 Å². The smallest absolute Gasteiger partial charge is 0.243 e. The maximum Gasteiger partial charge on any atom is 0.243 e. The molecule has 2 unspecified atom stereocenters. The second-order valence-corrected chi connectivity index (χ2v) is 17.7. The molecular formula is C46H55N7O6S. The molecule has 13 nitrogen and oxygen atoms in total. The second-order valence-electron chi connectivity index (χ2n) is 16.9. The van der Waals surface area contributed by atoms with Crippen LogP contribution in [0.2, 0.25) is 0 Å². The minimum Gasteiger partial charge on any atom is -0.505 e. The van der Waals surface area contributed by atoms with Gasteiger partial charge in [-0.25, -0.2) is 4.98 Å². The van der Waals surface area contributed by atoms with Gasteiger partial charge in [0.05, 0.1) is 40.1 Å². The van der Waals surface area contributed by atoms with Crippen molar-refractivity contribution >= 4 is 45.9 Å². The molecule has 1 aliphatic rings. The van der Waals surface area contributed by atoms with Crippen molar-refractivity contribution in [2.45, 2.75) is 97.9 Å². The van der Waals surface area contributed by atoms with Gasteiger partial charge in [0.2, 0.25) is 23.6 Å². The number of β-amino-alcohol motifs (C(OH)–C–C–N with tert-alkyl or cyclic N) is 1. The molecule has 0 aliphatic carbocycles. The van der Waals surface area contributed by atoms with Crippen LogP contribution in [0.25, 0.3) is 21.3 Å². The summed E-state index contributed by atoms with van der Waals surface area (Å²) in [4.78, 5) is 71.1. The number of pyridine rings is 2. The number of phenolic OH excluding ortho intramolecular Hbond substituents is 1. The number of nitrogens with one attached hydrogen (secondary N) is 2. The van der Waals surface area contributed by atoms with Crippen LogP contribution in [0.4, 0.5) is 0 Å². The molecule has 1 saturated heterocycles. The summed E-state index contributed by atoms with van der Waals surface area (Å²) in [5.74, 6) is -3.56. The number of rotatable bonds is 16. The highest BCUT2D eigenvalue weighted by atomic mass is 32.1. The Balaban J connectivity index is 1.29. The normalized spacial score (nSPS) is 16.9. The van der Waals surface area contributed by atoms with Gasteiger partial charge in [0.15, 0.2) is 0 Å². The van der Waals surface area contributed by atoms with E-state index in [0.29, 0.717) is 35.9 Å². The summed E-state index contributed by atoms with van der Waals surface area (Å²) in [5, 5.41) is 29.5. The van der Waals surface area contributed by atoms with Crippen LogP contribution in [0, 0.1) is 31.1 Å². The molecule has 4 heterocycles. The minimum absolute atomic E-state index is 0.0553. The molecule has 14 heteroatoms. The number of hydrogen-bond acceptors (Lipinski definition) is 10. The van der Waals surface area contributed by atoms with Crippen molar-refractivity contribution < 1.29 is 29.4 Å². The topological polar surface area (TPSA) is 201 Å². The van der Waals surface area contributed by atoms with Crippen molar-refractivity contribution in [1.29, 1.82) is 0 Å². The van der Waals surface area contributed by atoms with Crippen molar-refractivity contribution in [2.24, 2.45) is 23.0 Å². The number of amides is 4. The number of aliphatic hydroxyl groups excluding tert-OH is 1. The van der Waals surface area contributed by atoms with Crippen molar-refractivity contribution in [3.63, 3.8) is 0 Å². The van der Waals surface area contributed by atoms with Crippen LogP contribution in [0.1, 0.15) is 93.3 Å². The Labute approximate surface area is 354 Å². The number of aryl methyl sites for hydroxylation is 2. The van der Waals surface area contributed by atoms with Crippen LogP contribution >= 0.6 is 11.3 Å². The molecule has 316 valence electrons. The van der Waals surface area contributed by atoms with E-state index < -0.39 is 59.1 Å².